The van der Waals surface area contributed by atoms with E-state index in [9.17, 15) is 0 Å². The first kappa shape index (κ1) is 21.8. The third-order valence-corrected chi connectivity index (χ3v) is 6.28. The van der Waals surface area contributed by atoms with Crippen LogP contribution in [0.15, 0.2) is 76.3 Å². The number of rotatable bonds is 6. The summed E-state index contributed by atoms with van der Waals surface area (Å²) in [4.78, 5) is 0. The molecule has 2 atom stereocenters. The van der Waals surface area contributed by atoms with Crippen molar-refractivity contribution in [3.63, 3.8) is 0 Å². The average molecular weight is 507 g/mol. The molecule has 0 spiro atoms. The summed E-state index contributed by atoms with van der Waals surface area (Å²) in [5.41, 5.74) is 4.33. The Labute approximate surface area is 203 Å². The van der Waals surface area contributed by atoms with Gasteiger partial charge in [0.1, 0.15) is 17.2 Å². The Morgan fingerprint density at radius 3 is 2.45 bits per heavy atom. The zero-order valence-electron chi connectivity index (χ0n) is 19.0. The lowest BCUT2D eigenvalue weighted by atomic mass is 9.96. The van der Waals surface area contributed by atoms with E-state index in [2.05, 4.69) is 51.3 Å². The molecule has 0 bridgehead atoms. The highest BCUT2D eigenvalue weighted by Gasteiger charge is 2.41. The quantitative estimate of drug-likeness (QED) is 0.365. The predicted octanol–water partition coefficient (Wildman–Crippen LogP) is 6.88. The topological polar surface area (TPSA) is 43.3 Å². The fourth-order valence-electron chi connectivity index (χ4n) is 4.35. The Bertz CT molecular complexity index is 1160. The molecule has 3 aromatic carbocycles. The van der Waals surface area contributed by atoms with Crippen molar-refractivity contribution in [3.05, 3.63) is 87.9 Å². The second kappa shape index (κ2) is 9.10. The van der Waals surface area contributed by atoms with Gasteiger partial charge in [-0.25, -0.2) is 5.01 Å². The molecule has 5 rings (SSSR count). The van der Waals surface area contributed by atoms with Gasteiger partial charge in [0.25, 0.3) is 0 Å². The standard InChI is InChI=1S/C27H27BrN2O3/c1-4-31-21-10-7-19(8-11-21)27-30-25(23-15-20(28)9-14-26(23)33-27)16-24(29-30)18-5-12-22(13-6-18)32-17(2)3/h5-15,17,25,27H,4,16H2,1-3H3/t25-,27-/m0/s1. The largest absolute Gasteiger partial charge is 0.494 e. The highest BCUT2D eigenvalue weighted by molar-refractivity contribution is 9.10. The Kier molecular flexibility index (Phi) is 6.02. The average Bonchev–Trinajstić information content (AvgIpc) is 3.25. The van der Waals surface area contributed by atoms with Gasteiger partial charge in [0.15, 0.2) is 0 Å². The molecule has 0 saturated heterocycles. The Morgan fingerprint density at radius 1 is 1.03 bits per heavy atom. The van der Waals surface area contributed by atoms with Crippen LogP contribution in [0.1, 0.15) is 56.2 Å². The van der Waals surface area contributed by atoms with Gasteiger partial charge in [-0.3, -0.25) is 0 Å². The molecule has 3 aromatic rings. The predicted molar refractivity (Wildman–Crippen MR) is 133 cm³/mol. The van der Waals surface area contributed by atoms with Crippen LogP contribution in [0.25, 0.3) is 0 Å². The molecule has 5 nitrogen and oxygen atoms in total. The summed E-state index contributed by atoms with van der Waals surface area (Å²) in [5, 5.41) is 7.15. The van der Waals surface area contributed by atoms with Crippen LogP contribution < -0.4 is 14.2 Å². The van der Waals surface area contributed by atoms with Gasteiger partial charge in [0, 0.05) is 22.0 Å². The number of nitrogens with zero attached hydrogens (tertiary/aromatic N) is 2. The number of benzene rings is 3. The summed E-state index contributed by atoms with van der Waals surface area (Å²) < 4.78 is 18.9. The number of ether oxygens (including phenoxy) is 3. The zero-order valence-corrected chi connectivity index (χ0v) is 20.6. The normalized spacial score (nSPS) is 18.9. The van der Waals surface area contributed by atoms with Crippen molar-refractivity contribution in [1.29, 1.82) is 0 Å². The van der Waals surface area contributed by atoms with E-state index in [0.717, 1.165) is 50.5 Å². The van der Waals surface area contributed by atoms with Crippen LogP contribution in [0.3, 0.4) is 0 Å². The van der Waals surface area contributed by atoms with Gasteiger partial charge in [-0.1, -0.05) is 15.9 Å². The molecule has 2 aliphatic rings. The van der Waals surface area contributed by atoms with E-state index in [-0.39, 0.29) is 18.4 Å². The summed E-state index contributed by atoms with van der Waals surface area (Å²) in [6, 6.07) is 22.6. The van der Waals surface area contributed by atoms with Crippen LogP contribution in [0.2, 0.25) is 0 Å². The number of hydrazone groups is 1. The van der Waals surface area contributed by atoms with Crippen molar-refractivity contribution in [2.45, 2.75) is 45.6 Å². The first-order valence-corrected chi connectivity index (χ1v) is 12.1. The molecule has 2 heterocycles. The lowest BCUT2D eigenvalue weighted by Crippen LogP contribution is -2.33. The molecule has 33 heavy (non-hydrogen) atoms. The Morgan fingerprint density at radius 2 is 1.76 bits per heavy atom. The second-order valence-corrected chi connectivity index (χ2v) is 9.41. The molecule has 0 radical (unpaired) electrons. The second-order valence-electron chi connectivity index (χ2n) is 8.49. The molecule has 0 aromatic heterocycles. The Hall–Kier alpha value is -2.99. The van der Waals surface area contributed by atoms with Crippen LogP contribution in [-0.2, 0) is 0 Å². The van der Waals surface area contributed by atoms with Crippen LogP contribution in [-0.4, -0.2) is 23.4 Å². The molecule has 0 fully saturated rings. The number of hydrogen-bond donors (Lipinski definition) is 0. The monoisotopic (exact) mass is 506 g/mol. The first-order chi connectivity index (χ1) is 16.0. The van der Waals surface area contributed by atoms with Crippen molar-refractivity contribution in [2.75, 3.05) is 6.61 Å². The van der Waals surface area contributed by atoms with Gasteiger partial charge in [-0.15, -0.1) is 0 Å². The van der Waals surface area contributed by atoms with Crippen molar-refractivity contribution in [2.24, 2.45) is 5.10 Å². The van der Waals surface area contributed by atoms with Gasteiger partial charge in [0.2, 0.25) is 6.23 Å². The van der Waals surface area contributed by atoms with Crippen LogP contribution in [0.5, 0.6) is 17.2 Å². The third-order valence-electron chi connectivity index (χ3n) is 5.79. The minimum Gasteiger partial charge on any atom is -0.494 e. The molecular formula is C27H27BrN2O3. The Balaban J connectivity index is 1.49. The van der Waals surface area contributed by atoms with E-state index < -0.39 is 0 Å². The smallest absolute Gasteiger partial charge is 0.213 e. The molecule has 0 unspecified atom stereocenters. The maximum Gasteiger partial charge on any atom is 0.213 e. The van der Waals surface area contributed by atoms with E-state index in [0.29, 0.717) is 6.61 Å². The summed E-state index contributed by atoms with van der Waals surface area (Å²) in [5.74, 6) is 2.62. The van der Waals surface area contributed by atoms with Gasteiger partial charge in [0.05, 0.1) is 24.5 Å². The summed E-state index contributed by atoms with van der Waals surface area (Å²) >= 11 is 3.62. The van der Waals surface area contributed by atoms with E-state index in [4.69, 9.17) is 19.3 Å². The third kappa shape index (κ3) is 4.44. The maximum absolute atomic E-state index is 6.47. The van der Waals surface area contributed by atoms with Crippen LogP contribution >= 0.6 is 15.9 Å². The van der Waals surface area contributed by atoms with Crippen molar-refractivity contribution < 1.29 is 14.2 Å². The molecule has 0 N–H and O–H groups in total. The van der Waals surface area contributed by atoms with Crippen molar-refractivity contribution in [1.82, 2.24) is 5.01 Å². The lowest BCUT2D eigenvalue weighted by molar-refractivity contribution is -0.0191. The van der Waals surface area contributed by atoms with Gasteiger partial charge >= 0.3 is 0 Å². The SMILES string of the molecule is CCOc1ccc([C@@H]2Oc3ccc(Br)cc3[C@@H]3CC(c4ccc(OC(C)C)cc4)=NN32)cc1. The number of fused-ring (bicyclic) bond motifs is 3. The van der Waals surface area contributed by atoms with Gasteiger partial charge in [-0.05, 0) is 93.1 Å². The van der Waals surface area contributed by atoms with Gasteiger partial charge < -0.3 is 14.2 Å². The molecule has 2 aliphatic heterocycles. The van der Waals surface area contributed by atoms with Crippen LogP contribution in [0, 0.1) is 0 Å². The molecule has 6 heteroatoms. The maximum atomic E-state index is 6.47. The van der Waals surface area contributed by atoms with Crippen LogP contribution in [0.4, 0.5) is 0 Å². The first-order valence-electron chi connectivity index (χ1n) is 11.3. The number of halogens is 1. The zero-order chi connectivity index (χ0) is 22.9. The van der Waals surface area contributed by atoms with E-state index in [1.54, 1.807) is 0 Å². The van der Waals surface area contributed by atoms with Crippen molar-refractivity contribution in [3.8, 4) is 17.2 Å². The fourth-order valence-corrected chi connectivity index (χ4v) is 4.72. The molecular weight excluding hydrogens is 480 g/mol. The molecule has 0 amide bonds. The van der Waals surface area contributed by atoms with E-state index in [1.165, 1.54) is 0 Å². The van der Waals surface area contributed by atoms with Gasteiger partial charge in [-0.2, -0.15) is 5.10 Å². The number of hydrogen-bond acceptors (Lipinski definition) is 5. The molecule has 0 saturated carbocycles. The molecule has 0 aliphatic carbocycles. The highest BCUT2D eigenvalue weighted by atomic mass is 79.9. The molecule has 170 valence electrons. The van der Waals surface area contributed by atoms with E-state index >= 15 is 0 Å². The lowest BCUT2D eigenvalue weighted by Gasteiger charge is -2.38. The highest BCUT2D eigenvalue weighted by Crippen LogP contribution is 2.48. The fraction of sp³-hybridized carbons (Fsp3) is 0.296. The minimum atomic E-state index is -0.305. The summed E-state index contributed by atoms with van der Waals surface area (Å²) in [6.07, 6.45) is 0.654. The summed E-state index contributed by atoms with van der Waals surface area (Å²) in [6.45, 7) is 6.69. The summed E-state index contributed by atoms with van der Waals surface area (Å²) in [7, 11) is 0. The minimum absolute atomic E-state index is 0.101. The van der Waals surface area contributed by atoms with Crippen molar-refractivity contribution >= 4 is 21.6 Å². The van der Waals surface area contributed by atoms with E-state index in [1.807, 2.05) is 57.2 Å².